The minimum absolute atomic E-state index is 0.462. The van der Waals surface area contributed by atoms with E-state index in [-0.39, 0.29) is 0 Å². The third-order valence-electron chi connectivity index (χ3n) is 2.78. The number of aryl methyl sites for hydroxylation is 1. The molecule has 3 aromatic rings. The molecule has 0 N–H and O–H groups in total. The molecule has 3 rings (SSSR count). The van der Waals surface area contributed by atoms with Crippen LogP contribution in [0.25, 0.3) is 11.0 Å². The Morgan fingerprint density at radius 1 is 1.11 bits per heavy atom. The van der Waals surface area contributed by atoms with Gasteiger partial charge in [0.25, 0.3) is 0 Å². The monoisotopic (exact) mass is 253 g/mol. The van der Waals surface area contributed by atoms with Crippen molar-refractivity contribution in [3.63, 3.8) is 0 Å². The van der Waals surface area contributed by atoms with Crippen molar-refractivity contribution in [3.05, 3.63) is 59.7 Å². The van der Waals surface area contributed by atoms with Crippen LogP contribution in [0.1, 0.15) is 15.9 Å². The van der Waals surface area contributed by atoms with Crippen LogP contribution in [0.2, 0.25) is 0 Å². The van der Waals surface area contributed by atoms with Gasteiger partial charge < -0.3 is 4.84 Å². The van der Waals surface area contributed by atoms with Crippen molar-refractivity contribution < 1.29 is 9.63 Å². The minimum atomic E-state index is -0.462. The molecule has 5 nitrogen and oxygen atoms in total. The van der Waals surface area contributed by atoms with Crippen LogP contribution in [0.15, 0.2) is 48.5 Å². The van der Waals surface area contributed by atoms with Crippen LogP contribution >= 0.6 is 0 Å². The van der Waals surface area contributed by atoms with Crippen molar-refractivity contribution in [3.8, 4) is 0 Å². The van der Waals surface area contributed by atoms with Gasteiger partial charge in [-0.15, -0.1) is 5.10 Å². The Morgan fingerprint density at radius 2 is 1.84 bits per heavy atom. The molecule has 0 unspecified atom stereocenters. The van der Waals surface area contributed by atoms with E-state index in [9.17, 15) is 4.79 Å². The van der Waals surface area contributed by atoms with Crippen LogP contribution in [-0.2, 0) is 0 Å². The summed E-state index contributed by atoms with van der Waals surface area (Å²) >= 11 is 0. The minimum Gasteiger partial charge on any atom is -0.312 e. The van der Waals surface area contributed by atoms with Crippen LogP contribution < -0.4 is 4.84 Å². The number of fused-ring (bicyclic) bond motifs is 1. The smallest absolute Gasteiger partial charge is 0.312 e. The Kier molecular flexibility index (Phi) is 2.72. The second kappa shape index (κ2) is 4.53. The van der Waals surface area contributed by atoms with Crippen LogP contribution in [0, 0.1) is 6.92 Å². The maximum Gasteiger partial charge on any atom is 0.365 e. The van der Waals surface area contributed by atoms with Gasteiger partial charge in [0.2, 0.25) is 0 Å². The second-order valence-corrected chi connectivity index (χ2v) is 4.20. The average molecular weight is 253 g/mol. The molecule has 0 bridgehead atoms. The molecule has 5 heteroatoms. The molecule has 0 amide bonds. The van der Waals surface area contributed by atoms with E-state index in [2.05, 4.69) is 10.3 Å². The van der Waals surface area contributed by atoms with Crippen molar-refractivity contribution in [2.24, 2.45) is 0 Å². The molecule has 0 saturated carbocycles. The van der Waals surface area contributed by atoms with Crippen molar-refractivity contribution in [1.29, 1.82) is 0 Å². The lowest BCUT2D eigenvalue weighted by molar-refractivity contribution is 0.0409. The number of para-hydroxylation sites is 1. The Bertz CT molecular complexity index is 732. The van der Waals surface area contributed by atoms with Gasteiger partial charge in [0.1, 0.15) is 11.0 Å². The summed E-state index contributed by atoms with van der Waals surface area (Å²) in [5, 5.41) is 7.72. The predicted molar refractivity (Wildman–Crippen MR) is 69.6 cm³/mol. The number of hydrogen-bond donors (Lipinski definition) is 0. The van der Waals surface area contributed by atoms with E-state index in [1.165, 1.54) is 0 Å². The lowest BCUT2D eigenvalue weighted by atomic mass is 10.2. The fraction of sp³-hybridized carbons (Fsp3) is 0.0714. The molecule has 1 heterocycles. The molecule has 94 valence electrons. The first kappa shape index (κ1) is 11.4. The van der Waals surface area contributed by atoms with Crippen LogP contribution in [0.5, 0.6) is 0 Å². The topological polar surface area (TPSA) is 57.0 Å². The van der Waals surface area contributed by atoms with Crippen molar-refractivity contribution in [1.82, 2.24) is 15.2 Å². The van der Waals surface area contributed by atoms with Gasteiger partial charge in [-0.25, -0.2) is 4.79 Å². The highest BCUT2D eigenvalue weighted by molar-refractivity contribution is 5.90. The van der Waals surface area contributed by atoms with Gasteiger partial charge in [0, 0.05) is 0 Å². The van der Waals surface area contributed by atoms with E-state index >= 15 is 0 Å². The van der Waals surface area contributed by atoms with Crippen LogP contribution in [0.3, 0.4) is 0 Å². The highest BCUT2D eigenvalue weighted by Crippen LogP contribution is 2.09. The summed E-state index contributed by atoms with van der Waals surface area (Å²) in [6.45, 7) is 1.96. The van der Waals surface area contributed by atoms with Crippen LogP contribution in [0.4, 0.5) is 0 Å². The summed E-state index contributed by atoms with van der Waals surface area (Å²) < 4.78 is 0. The molecule has 1 aromatic heterocycles. The van der Waals surface area contributed by atoms with Crippen molar-refractivity contribution >= 4 is 17.0 Å². The summed E-state index contributed by atoms with van der Waals surface area (Å²) in [5.41, 5.74) is 2.90. The Morgan fingerprint density at radius 3 is 2.63 bits per heavy atom. The SMILES string of the molecule is Cc1ccc(C(=O)On2nnc3ccccc32)cc1. The summed E-state index contributed by atoms with van der Waals surface area (Å²) in [7, 11) is 0. The maximum atomic E-state index is 12.0. The molecule has 0 aliphatic carbocycles. The zero-order valence-corrected chi connectivity index (χ0v) is 10.3. The van der Waals surface area contributed by atoms with E-state index in [1.807, 2.05) is 31.2 Å². The van der Waals surface area contributed by atoms with Gasteiger partial charge >= 0.3 is 5.97 Å². The lowest BCUT2D eigenvalue weighted by Gasteiger charge is -2.03. The van der Waals surface area contributed by atoms with E-state index in [4.69, 9.17) is 4.84 Å². The molecule has 0 saturated heterocycles. The second-order valence-electron chi connectivity index (χ2n) is 4.20. The number of hydrogen-bond acceptors (Lipinski definition) is 4. The molecular weight excluding hydrogens is 242 g/mol. The van der Waals surface area contributed by atoms with Gasteiger partial charge in [-0.1, -0.05) is 34.7 Å². The van der Waals surface area contributed by atoms with E-state index in [0.717, 1.165) is 10.4 Å². The molecule has 0 radical (unpaired) electrons. The first-order valence-corrected chi connectivity index (χ1v) is 5.84. The fourth-order valence-corrected chi connectivity index (χ4v) is 1.74. The number of aromatic nitrogens is 3. The quantitative estimate of drug-likeness (QED) is 0.655. The van der Waals surface area contributed by atoms with Crippen molar-refractivity contribution in [2.75, 3.05) is 0 Å². The first-order chi connectivity index (χ1) is 9.24. The standard InChI is InChI=1S/C14H11N3O2/c1-10-6-8-11(9-7-10)14(18)19-17-13-5-3-2-4-12(13)15-16-17/h2-9H,1H3. The summed E-state index contributed by atoms with van der Waals surface area (Å²) in [6.07, 6.45) is 0. The average Bonchev–Trinajstić information content (AvgIpc) is 2.83. The number of carbonyl (C=O) groups excluding carboxylic acids is 1. The molecular formula is C14H11N3O2. The molecule has 19 heavy (non-hydrogen) atoms. The largest absolute Gasteiger partial charge is 0.365 e. The lowest BCUT2D eigenvalue weighted by Crippen LogP contribution is -2.20. The summed E-state index contributed by atoms with van der Waals surface area (Å²) in [6, 6.07) is 14.4. The van der Waals surface area contributed by atoms with Gasteiger partial charge in [-0.3, -0.25) is 0 Å². The zero-order valence-electron chi connectivity index (χ0n) is 10.3. The molecule has 0 spiro atoms. The summed E-state index contributed by atoms with van der Waals surface area (Å²) in [4.78, 5) is 18.3. The fourth-order valence-electron chi connectivity index (χ4n) is 1.74. The van der Waals surface area contributed by atoms with Gasteiger partial charge in [0.05, 0.1) is 5.56 Å². The molecule has 0 fully saturated rings. The highest BCUT2D eigenvalue weighted by atomic mass is 16.7. The Labute approximate surface area is 109 Å². The van der Waals surface area contributed by atoms with Crippen molar-refractivity contribution in [2.45, 2.75) is 6.92 Å². The van der Waals surface area contributed by atoms with Crippen LogP contribution in [-0.4, -0.2) is 21.1 Å². The van der Waals surface area contributed by atoms with Gasteiger partial charge in [-0.2, -0.15) is 0 Å². The molecule has 0 atom stereocenters. The Hall–Kier alpha value is -2.69. The number of nitrogens with zero attached hydrogens (tertiary/aromatic N) is 3. The number of benzene rings is 2. The highest BCUT2D eigenvalue weighted by Gasteiger charge is 2.11. The predicted octanol–water partition coefficient (Wildman–Crippen LogP) is 2.01. The van der Waals surface area contributed by atoms with E-state index in [0.29, 0.717) is 16.6 Å². The summed E-state index contributed by atoms with van der Waals surface area (Å²) in [5.74, 6) is -0.462. The van der Waals surface area contributed by atoms with Gasteiger partial charge in [-0.05, 0) is 36.4 Å². The van der Waals surface area contributed by atoms with E-state index in [1.54, 1.807) is 24.3 Å². The number of carbonyl (C=O) groups is 1. The number of rotatable bonds is 2. The van der Waals surface area contributed by atoms with E-state index < -0.39 is 5.97 Å². The zero-order chi connectivity index (χ0) is 13.2. The molecule has 0 aliphatic heterocycles. The maximum absolute atomic E-state index is 12.0. The Balaban J connectivity index is 1.89. The third kappa shape index (κ3) is 2.18. The molecule has 2 aromatic carbocycles. The molecule has 0 aliphatic rings. The van der Waals surface area contributed by atoms with Gasteiger partial charge in [0.15, 0.2) is 0 Å². The normalized spacial score (nSPS) is 10.6. The third-order valence-corrected chi connectivity index (χ3v) is 2.78. The first-order valence-electron chi connectivity index (χ1n) is 5.84.